The average molecular weight is 428 g/mol. The molecule has 160 valence electrons. The van der Waals surface area contributed by atoms with Crippen LogP contribution < -0.4 is 0 Å². The highest BCUT2D eigenvalue weighted by atomic mass is 32.2. The minimum atomic E-state index is -3.51. The zero-order valence-corrected chi connectivity index (χ0v) is 18.2. The van der Waals surface area contributed by atoms with E-state index in [2.05, 4.69) is 6.58 Å². The Morgan fingerprint density at radius 3 is 2.63 bits per heavy atom. The SMILES string of the molecule is C=CC(Cc1ccccc1)S(=O)(=O)N1CCCC(c2cccc(CC(=O)OC)c2)C1. The first-order chi connectivity index (χ1) is 14.4. The number of piperidine rings is 1. The molecule has 30 heavy (non-hydrogen) atoms. The summed E-state index contributed by atoms with van der Waals surface area (Å²) in [6, 6.07) is 17.5. The van der Waals surface area contributed by atoms with Crippen molar-refractivity contribution in [3.63, 3.8) is 0 Å². The molecule has 1 fully saturated rings. The summed E-state index contributed by atoms with van der Waals surface area (Å²) in [5.41, 5.74) is 2.93. The molecule has 2 aromatic carbocycles. The summed E-state index contributed by atoms with van der Waals surface area (Å²) in [5.74, 6) is -0.178. The first kappa shape index (κ1) is 22.2. The number of methoxy groups -OCH3 is 1. The Morgan fingerprint density at radius 2 is 1.93 bits per heavy atom. The lowest BCUT2D eigenvalue weighted by Crippen LogP contribution is -2.44. The largest absolute Gasteiger partial charge is 0.469 e. The molecule has 0 saturated carbocycles. The van der Waals surface area contributed by atoms with Crippen LogP contribution in [0.15, 0.2) is 67.3 Å². The van der Waals surface area contributed by atoms with Gasteiger partial charge in [-0.1, -0.05) is 60.7 Å². The lowest BCUT2D eigenvalue weighted by atomic mass is 9.90. The fraction of sp³-hybridized carbons (Fsp3) is 0.375. The first-order valence-corrected chi connectivity index (χ1v) is 11.8. The summed E-state index contributed by atoms with van der Waals surface area (Å²) in [6.07, 6.45) is 3.91. The van der Waals surface area contributed by atoms with Crippen LogP contribution in [0.25, 0.3) is 0 Å². The summed E-state index contributed by atoms with van der Waals surface area (Å²) in [4.78, 5) is 11.6. The molecule has 0 amide bonds. The number of ether oxygens (including phenoxy) is 1. The number of nitrogens with zero attached hydrogens (tertiary/aromatic N) is 1. The molecular formula is C24H29NO4S. The normalized spacial score (nSPS) is 18.5. The Labute approximate surface area is 179 Å². The van der Waals surface area contributed by atoms with Crippen molar-refractivity contribution in [2.75, 3.05) is 20.2 Å². The van der Waals surface area contributed by atoms with E-state index in [1.807, 2.05) is 54.6 Å². The lowest BCUT2D eigenvalue weighted by Gasteiger charge is -2.34. The fourth-order valence-electron chi connectivity index (χ4n) is 3.99. The molecule has 1 aliphatic rings. The van der Waals surface area contributed by atoms with E-state index in [1.54, 1.807) is 10.4 Å². The number of carbonyl (C=O) groups excluding carboxylic acids is 1. The van der Waals surface area contributed by atoms with Gasteiger partial charge in [0, 0.05) is 13.1 Å². The number of esters is 1. The molecule has 2 atom stereocenters. The van der Waals surface area contributed by atoms with Crippen LogP contribution in [-0.4, -0.2) is 44.1 Å². The number of hydrogen-bond acceptors (Lipinski definition) is 4. The van der Waals surface area contributed by atoms with Gasteiger partial charge >= 0.3 is 5.97 Å². The van der Waals surface area contributed by atoms with E-state index in [0.29, 0.717) is 19.5 Å². The molecule has 0 spiro atoms. The highest BCUT2D eigenvalue weighted by Crippen LogP contribution is 2.30. The van der Waals surface area contributed by atoms with Crippen molar-refractivity contribution in [2.45, 2.75) is 36.9 Å². The van der Waals surface area contributed by atoms with Gasteiger partial charge in [0.05, 0.1) is 18.8 Å². The van der Waals surface area contributed by atoms with Crippen molar-refractivity contribution < 1.29 is 17.9 Å². The van der Waals surface area contributed by atoms with E-state index in [4.69, 9.17) is 4.74 Å². The molecule has 0 aliphatic carbocycles. The first-order valence-electron chi connectivity index (χ1n) is 10.2. The number of benzene rings is 2. The molecule has 6 heteroatoms. The van der Waals surface area contributed by atoms with Gasteiger partial charge in [0.25, 0.3) is 0 Å². The highest BCUT2D eigenvalue weighted by molar-refractivity contribution is 7.89. The van der Waals surface area contributed by atoms with E-state index in [0.717, 1.165) is 29.5 Å². The van der Waals surface area contributed by atoms with Gasteiger partial charge in [0.15, 0.2) is 0 Å². The van der Waals surface area contributed by atoms with Crippen LogP contribution in [0.1, 0.15) is 35.4 Å². The highest BCUT2D eigenvalue weighted by Gasteiger charge is 2.34. The quantitative estimate of drug-likeness (QED) is 0.476. The van der Waals surface area contributed by atoms with E-state index < -0.39 is 15.3 Å². The van der Waals surface area contributed by atoms with Crippen molar-refractivity contribution in [1.82, 2.24) is 4.31 Å². The molecule has 3 rings (SSSR count). The minimum Gasteiger partial charge on any atom is -0.469 e. The molecule has 0 aromatic heterocycles. The van der Waals surface area contributed by atoms with Crippen LogP contribution >= 0.6 is 0 Å². The summed E-state index contributed by atoms with van der Waals surface area (Å²) >= 11 is 0. The molecule has 0 radical (unpaired) electrons. The molecule has 5 nitrogen and oxygen atoms in total. The van der Waals surface area contributed by atoms with Gasteiger partial charge in [-0.15, -0.1) is 6.58 Å². The smallest absolute Gasteiger partial charge is 0.309 e. The Balaban J connectivity index is 1.75. The van der Waals surface area contributed by atoms with E-state index in [9.17, 15) is 13.2 Å². The standard InChI is InChI=1S/C24H29NO4S/c1-3-23(16-19-9-5-4-6-10-19)30(27,28)25-14-8-13-22(18-25)21-12-7-11-20(15-21)17-24(26)29-2/h3-7,9-12,15,22-23H,1,8,13-14,16-18H2,2H3. The van der Waals surface area contributed by atoms with Crippen molar-refractivity contribution in [3.05, 3.63) is 83.9 Å². The molecule has 1 heterocycles. The molecule has 0 N–H and O–H groups in total. The summed E-state index contributed by atoms with van der Waals surface area (Å²) in [7, 11) is -2.13. The number of sulfonamides is 1. The van der Waals surface area contributed by atoms with Crippen LogP contribution in [0.4, 0.5) is 0 Å². The van der Waals surface area contributed by atoms with Gasteiger partial charge < -0.3 is 4.74 Å². The predicted molar refractivity (Wildman–Crippen MR) is 119 cm³/mol. The molecule has 1 saturated heterocycles. The third-order valence-electron chi connectivity index (χ3n) is 5.67. The van der Waals surface area contributed by atoms with E-state index in [-0.39, 0.29) is 18.3 Å². The predicted octanol–water partition coefficient (Wildman–Crippen LogP) is 3.71. The van der Waals surface area contributed by atoms with Crippen LogP contribution in [0.2, 0.25) is 0 Å². The second-order valence-electron chi connectivity index (χ2n) is 7.70. The van der Waals surface area contributed by atoms with Gasteiger partial charge in [-0.05, 0) is 41.9 Å². The second-order valence-corrected chi connectivity index (χ2v) is 9.86. The Bertz CT molecular complexity index is 972. The fourth-order valence-corrected chi connectivity index (χ4v) is 5.79. The summed E-state index contributed by atoms with van der Waals surface area (Å²) < 4.78 is 33.1. The van der Waals surface area contributed by atoms with Crippen LogP contribution in [-0.2, 0) is 32.4 Å². The molecule has 2 unspecified atom stereocenters. The molecule has 0 bridgehead atoms. The Morgan fingerprint density at radius 1 is 1.20 bits per heavy atom. The topological polar surface area (TPSA) is 63.7 Å². The van der Waals surface area contributed by atoms with Gasteiger partial charge in [0.1, 0.15) is 0 Å². The maximum Gasteiger partial charge on any atom is 0.309 e. The van der Waals surface area contributed by atoms with Gasteiger partial charge in [-0.25, -0.2) is 12.7 Å². The second kappa shape index (κ2) is 10.0. The Kier molecular flexibility index (Phi) is 7.45. The maximum absolute atomic E-state index is 13.3. The lowest BCUT2D eigenvalue weighted by molar-refractivity contribution is -0.139. The van der Waals surface area contributed by atoms with Crippen molar-refractivity contribution in [2.24, 2.45) is 0 Å². The van der Waals surface area contributed by atoms with Crippen LogP contribution in [0.3, 0.4) is 0 Å². The average Bonchev–Trinajstić information content (AvgIpc) is 2.78. The molecular weight excluding hydrogens is 398 g/mol. The van der Waals surface area contributed by atoms with E-state index >= 15 is 0 Å². The van der Waals surface area contributed by atoms with E-state index in [1.165, 1.54) is 7.11 Å². The Hall–Kier alpha value is -2.44. The zero-order valence-electron chi connectivity index (χ0n) is 17.4. The van der Waals surface area contributed by atoms with Gasteiger partial charge in [-0.3, -0.25) is 4.79 Å². The molecule has 2 aromatic rings. The van der Waals surface area contributed by atoms with Crippen molar-refractivity contribution in [3.8, 4) is 0 Å². The third kappa shape index (κ3) is 5.37. The van der Waals surface area contributed by atoms with Gasteiger partial charge in [-0.2, -0.15) is 0 Å². The van der Waals surface area contributed by atoms with Crippen molar-refractivity contribution in [1.29, 1.82) is 0 Å². The summed E-state index contributed by atoms with van der Waals surface area (Å²) in [6.45, 7) is 4.77. The third-order valence-corrected chi connectivity index (χ3v) is 7.84. The number of rotatable bonds is 8. The van der Waals surface area contributed by atoms with Crippen LogP contribution in [0.5, 0.6) is 0 Å². The number of carbonyl (C=O) groups is 1. The minimum absolute atomic E-state index is 0.105. The zero-order chi connectivity index (χ0) is 21.6. The summed E-state index contributed by atoms with van der Waals surface area (Å²) in [5, 5.41) is -0.649. The molecule has 1 aliphatic heterocycles. The van der Waals surface area contributed by atoms with Gasteiger partial charge in [0.2, 0.25) is 10.0 Å². The van der Waals surface area contributed by atoms with Crippen LogP contribution in [0, 0.1) is 0 Å². The monoisotopic (exact) mass is 427 g/mol. The number of hydrogen-bond donors (Lipinski definition) is 0. The maximum atomic E-state index is 13.3. The van der Waals surface area contributed by atoms with Crippen molar-refractivity contribution >= 4 is 16.0 Å².